The second-order valence-electron chi connectivity index (χ2n) is 5.75. The molecular formula is C20H22ClN3O2. The maximum Gasteiger partial charge on any atom is 0.259 e. The van der Waals surface area contributed by atoms with Crippen molar-refractivity contribution >= 4 is 29.1 Å². The summed E-state index contributed by atoms with van der Waals surface area (Å²) in [5, 5.41) is 7.35. The van der Waals surface area contributed by atoms with Crippen molar-refractivity contribution in [3.63, 3.8) is 0 Å². The predicted molar refractivity (Wildman–Crippen MR) is 104 cm³/mol. The largest absolute Gasteiger partial charge is 0.343 e. The Hall–Kier alpha value is -2.66. The van der Waals surface area contributed by atoms with E-state index in [9.17, 15) is 9.59 Å². The van der Waals surface area contributed by atoms with Gasteiger partial charge in [0.15, 0.2) is 0 Å². The van der Waals surface area contributed by atoms with Crippen molar-refractivity contribution in [1.29, 1.82) is 0 Å². The van der Waals surface area contributed by atoms with Crippen molar-refractivity contribution in [3.8, 4) is 0 Å². The topological polar surface area (TPSA) is 70.6 Å². The predicted octanol–water partition coefficient (Wildman–Crippen LogP) is 3.78. The molecule has 0 unspecified atom stereocenters. The molecule has 2 aromatic rings. The molecule has 6 heteroatoms. The monoisotopic (exact) mass is 371 g/mol. The summed E-state index contributed by atoms with van der Waals surface area (Å²) in [5.41, 5.74) is 4.76. The maximum absolute atomic E-state index is 12.0. The van der Waals surface area contributed by atoms with Gasteiger partial charge in [0.25, 0.3) is 11.8 Å². The number of nitrogens with one attached hydrogen (secondary N) is 2. The number of nitrogens with zero attached hydrogens (tertiary/aromatic N) is 1. The van der Waals surface area contributed by atoms with Gasteiger partial charge >= 0.3 is 0 Å². The number of hydrogen-bond acceptors (Lipinski definition) is 3. The summed E-state index contributed by atoms with van der Waals surface area (Å²) in [7, 11) is 0. The number of benzene rings is 2. The van der Waals surface area contributed by atoms with E-state index >= 15 is 0 Å². The van der Waals surface area contributed by atoms with E-state index in [0.717, 1.165) is 30.5 Å². The molecule has 5 nitrogen and oxygen atoms in total. The lowest BCUT2D eigenvalue weighted by Crippen LogP contribution is -2.35. The number of hydrogen-bond donors (Lipinski definition) is 2. The summed E-state index contributed by atoms with van der Waals surface area (Å²) >= 11 is 5.79. The van der Waals surface area contributed by atoms with Gasteiger partial charge in [-0.25, -0.2) is 5.43 Å². The number of hydrazone groups is 1. The van der Waals surface area contributed by atoms with Gasteiger partial charge in [-0.05, 0) is 42.7 Å². The number of halogens is 1. The van der Waals surface area contributed by atoms with Gasteiger partial charge in [0.2, 0.25) is 0 Å². The van der Waals surface area contributed by atoms with Crippen LogP contribution in [0.5, 0.6) is 0 Å². The first-order valence-corrected chi connectivity index (χ1v) is 8.92. The molecule has 0 heterocycles. The molecule has 0 aliphatic carbocycles. The molecule has 26 heavy (non-hydrogen) atoms. The van der Waals surface area contributed by atoms with Crippen LogP contribution < -0.4 is 10.7 Å². The highest BCUT2D eigenvalue weighted by atomic mass is 35.5. The molecule has 0 aliphatic rings. The molecule has 2 aromatic carbocycles. The fraction of sp³-hybridized carbons (Fsp3) is 0.250. The van der Waals surface area contributed by atoms with Crippen molar-refractivity contribution in [2.75, 3.05) is 6.54 Å². The Labute approximate surface area is 158 Å². The van der Waals surface area contributed by atoms with Gasteiger partial charge in [0.1, 0.15) is 0 Å². The molecule has 2 amide bonds. The summed E-state index contributed by atoms with van der Waals surface area (Å²) in [5.74, 6) is -0.715. The molecule has 0 saturated heterocycles. The number of amides is 2. The van der Waals surface area contributed by atoms with Gasteiger partial charge in [0.05, 0.1) is 12.3 Å². The van der Waals surface area contributed by atoms with Gasteiger partial charge in [-0.15, -0.1) is 0 Å². The molecule has 2 rings (SSSR count). The average Bonchev–Trinajstić information content (AvgIpc) is 2.67. The van der Waals surface area contributed by atoms with Crippen LogP contribution in [0.3, 0.4) is 0 Å². The standard InChI is InChI=1S/C20H22ClN3O2/c1-2-3-9-18(15-7-5-4-6-8-15)23-24-19(25)14-22-20(26)16-10-12-17(21)13-11-16/h4-8,10-13H,2-3,9,14H2,1H3,(H,22,26)(H,24,25)/b23-18+. The minimum absolute atomic E-state index is 0.152. The Morgan fingerprint density at radius 3 is 2.35 bits per heavy atom. The van der Waals surface area contributed by atoms with E-state index in [0.29, 0.717) is 10.6 Å². The van der Waals surface area contributed by atoms with E-state index in [-0.39, 0.29) is 18.4 Å². The van der Waals surface area contributed by atoms with E-state index in [4.69, 9.17) is 11.6 Å². The molecule has 0 saturated carbocycles. The minimum atomic E-state index is -0.378. The van der Waals surface area contributed by atoms with Crippen molar-refractivity contribution in [3.05, 3.63) is 70.7 Å². The van der Waals surface area contributed by atoms with Crippen LogP contribution in [0.4, 0.5) is 0 Å². The summed E-state index contributed by atoms with van der Waals surface area (Å²) in [6, 6.07) is 16.2. The van der Waals surface area contributed by atoms with Crippen molar-refractivity contribution in [1.82, 2.24) is 10.7 Å². The lowest BCUT2D eigenvalue weighted by Gasteiger charge is -2.08. The van der Waals surface area contributed by atoms with E-state index in [1.54, 1.807) is 24.3 Å². The quantitative estimate of drug-likeness (QED) is 0.547. The van der Waals surface area contributed by atoms with E-state index < -0.39 is 0 Å². The zero-order chi connectivity index (χ0) is 18.8. The van der Waals surface area contributed by atoms with Gasteiger partial charge < -0.3 is 5.32 Å². The van der Waals surface area contributed by atoms with Crippen LogP contribution in [0, 0.1) is 0 Å². The Morgan fingerprint density at radius 1 is 1.00 bits per heavy atom. The van der Waals surface area contributed by atoms with Crippen molar-refractivity contribution < 1.29 is 9.59 Å². The molecule has 0 aromatic heterocycles. The molecule has 0 fully saturated rings. The van der Waals surface area contributed by atoms with Crippen molar-refractivity contribution in [2.24, 2.45) is 5.10 Å². The average molecular weight is 372 g/mol. The zero-order valence-corrected chi connectivity index (χ0v) is 15.4. The van der Waals surface area contributed by atoms with Crippen LogP contribution in [-0.4, -0.2) is 24.1 Å². The first-order chi connectivity index (χ1) is 12.6. The molecule has 0 bridgehead atoms. The number of unbranched alkanes of at least 4 members (excludes halogenated alkanes) is 1. The highest BCUT2D eigenvalue weighted by Gasteiger charge is 2.08. The third-order valence-electron chi connectivity index (χ3n) is 3.71. The Kier molecular flexibility index (Phi) is 7.83. The van der Waals surface area contributed by atoms with E-state index in [1.807, 2.05) is 30.3 Å². The van der Waals surface area contributed by atoms with Crippen LogP contribution in [0.25, 0.3) is 0 Å². The Morgan fingerprint density at radius 2 is 1.69 bits per heavy atom. The second kappa shape index (κ2) is 10.4. The van der Waals surface area contributed by atoms with Gasteiger partial charge in [-0.3, -0.25) is 9.59 Å². The highest BCUT2D eigenvalue weighted by molar-refractivity contribution is 6.30. The molecule has 2 N–H and O–H groups in total. The first-order valence-electron chi connectivity index (χ1n) is 8.54. The second-order valence-corrected chi connectivity index (χ2v) is 6.19. The summed E-state index contributed by atoms with van der Waals surface area (Å²) < 4.78 is 0. The third kappa shape index (κ3) is 6.33. The number of carbonyl (C=O) groups is 2. The molecule has 0 atom stereocenters. The third-order valence-corrected chi connectivity index (χ3v) is 3.96. The minimum Gasteiger partial charge on any atom is -0.343 e. The van der Waals surface area contributed by atoms with Gasteiger partial charge in [0, 0.05) is 10.6 Å². The molecular weight excluding hydrogens is 350 g/mol. The summed E-state index contributed by atoms with van der Waals surface area (Å²) in [6.07, 6.45) is 2.80. The lowest BCUT2D eigenvalue weighted by atomic mass is 10.1. The lowest BCUT2D eigenvalue weighted by molar-refractivity contribution is -0.120. The van der Waals surface area contributed by atoms with Crippen LogP contribution in [0.1, 0.15) is 42.1 Å². The van der Waals surface area contributed by atoms with Crippen LogP contribution >= 0.6 is 11.6 Å². The highest BCUT2D eigenvalue weighted by Crippen LogP contribution is 2.09. The van der Waals surface area contributed by atoms with Gasteiger partial charge in [-0.1, -0.05) is 55.3 Å². The molecule has 136 valence electrons. The fourth-order valence-corrected chi connectivity index (χ4v) is 2.40. The molecule has 0 aliphatic heterocycles. The van der Waals surface area contributed by atoms with E-state index in [2.05, 4.69) is 22.8 Å². The Balaban J connectivity index is 1.91. The smallest absolute Gasteiger partial charge is 0.259 e. The fourth-order valence-electron chi connectivity index (χ4n) is 2.27. The number of carbonyl (C=O) groups excluding carboxylic acids is 2. The van der Waals surface area contributed by atoms with Gasteiger partial charge in [-0.2, -0.15) is 5.10 Å². The van der Waals surface area contributed by atoms with E-state index in [1.165, 1.54) is 0 Å². The molecule has 0 radical (unpaired) electrons. The SMILES string of the molecule is CCCC/C(=N\NC(=O)CNC(=O)c1ccc(Cl)cc1)c1ccccc1. The normalized spacial score (nSPS) is 11.1. The van der Waals surface area contributed by atoms with Crippen LogP contribution in [-0.2, 0) is 4.79 Å². The first kappa shape index (κ1) is 19.7. The summed E-state index contributed by atoms with van der Waals surface area (Å²) in [6.45, 7) is 1.95. The van der Waals surface area contributed by atoms with Crippen LogP contribution in [0.15, 0.2) is 59.7 Å². The molecule has 0 spiro atoms. The van der Waals surface area contributed by atoms with Crippen molar-refractivity contribution in [2.45, 2.75) is 26.2 Å². The zero-order valence-electron chi connectivity index (χ0n) is 14.7. The Bertz CT molecular complexity index is 758. The number of rotatable bonds is 8. The maximum atomic E-state index is 12.0. The summed E-state index contributed by atoms with van der Waals surface area (Å²) in [4.78, 5) is 24.0. The van der Waals surface area contributed by atoms with Crippen LogP contribution in [0.2, 0.25) is 5.02 Å².